The van der Waals surface area contributed by atoms with Gasteiger partial charge in [-0.15, -0.1) is 12.4 Å². The number of benzene rings is 2. The van der Waals surface area contributed by atoms with Gasteiger partial charge < -0.3 is 4.42 Å². The molecule has 0 N–H and O–H groups in total. The van der Waals surface area contributed by atoms with Crippen molar-refractivity contribution >= 4 is 41.1 Å². The fourth-order valence-corrected chi connectivity index (χ4v) is 3.43. The fraction of sp³-hybridized carbons (Fsp3) is 0.182. The summed E-state index contributed by atoms with van der Waals surface area (Å²) >= 11 is 6.03. The zero-order valence-corrected chi connectivity index (χ0v) is 16.0. The van der Waals surface area contributed by atoms with Crippen LogP contribution < -0.4 is 0 Å². The van der Waals surface area contributed by atoms with Gasteiger partial charge in [-0.2, -0.15) is 0 Å². The first kappa shape index (κ1) is 18.8. The average molecular weight is 386 g/mol. The second kappa shape index (κ2) is 8.59. The van der Waals surface area contributed by atoms with Crippen LogP contribution in [0.4, 0.5) is 0 Å². The molecular weight excluding hydrogens is 365 g/mol. The number of nitrogens with zero attached hydrogens (tertiary/aromatic N) is 1. The van der Waals surface area contributed by atoms with E-state index in [4.69, 9.17) is 16.0 Å². The summed E-state index contributed by atoms with van der Waals surface area (Å²) in [5, 5.41) is 2.00. The summed E-state index contributed by atoms with van der Waals surface area (Å²) in [5.74, 6) is 0. The molecule has 0 aliphatic carbocycles. The highest BCUT2D eigenvalue weighted by Gasteiger charge is 2.13. The van der Waals surface area contributed by atoms with Crippen molar-refractivity contribution in [3.05, 3.63) is 88.7 Å². The highest BCUT2D eigenvalue weighted by molar-refractivity contribution is 6.30. The summed E-state index contributed by atoms with van der Waals surface area (Å²) in [4.78, 5) is 2.45. The minimum atomic E-state index is 0. The van der Waals surface area contributed by atoms with Gasteiger partial charge in [0.25, 0.3) is 0 Å². The molecule has 2 heterocycles. The Hall–Kier alpha value is -2.00. The molecule has 3 aromatic rings. The summed E-state index contributed by atoms with van der Waals surface area (Å²) in [7, 11) is 0. The molecule has 0 bridgehead atoms. The van der Waals surface area contributed by atoms with E-state index in [1.165, 1.54) is 16.5 Å². The maximum absolute atomic E-state index is 6.03. The number of hydrogen-bond donors (Lipinski definition) is 0. The van der Waals surface area contributed by atoms with Crippen LogP contribution >= 0.6 is 24.0 Å². The summed E-state index contributed by atoms with van der Waals surface area (Å²) < 4.78 is 5.64. The van der Waals surface area contributed by atoms with Gasteiger partial charge in [0.2, 0.25) is 0 Å². The largest absolute Gasteiger partial charge is 0.464 e. The molecule has 0 fully saturated rings. The summed E-state index contributed by atoms with van der Waals surface area (Å²) in [5.41, 5.74) is 4.76. The Balaban J connectivity index is 0.00000196. The predicted octanol–water partition coefficient (Wildman–Crippen LogP) is 6.35. The van der Waals surface area contributed by atoms with Crippen molar-refractivity contribution < 1.29 is 4.42 Å². The van der Waals surface area contributed by atoms with E-state index in [0.29, 0.717) is 0 Å². The standard InChI is InChI=1S/C22H20ClNO.ClH/c23-20-5-3-4-18(14-20)9-8-17-10-12-24(13-11-17)15-19-16-25-22-7-2-1-6-21(19)22;/h1-10,14,16H,11-13,15H2;1H. The van der Waals surface area contributed by atoms with Gasteiger partial charge in [0.1, 0.15) is 5.58 Å². The molecule has 1 aliphatic rings. The maximum atomic E-state index is 6.03. The topological polar surface area (TPSA) is 16.4 Å². The van der Waals surface area contributed by atoms with Gasteiger partial charge in [0.05, 0.1) is 6.26 Å². The normalized spacial score (nSPS) is 15.2. The predicted molar refractivity (Wildman–Crippen MR) is 112 cm³/mol. The van der Waals surface area contributed by atoms with E-state index in [-0.39, 0.29) is 12.4 Å². The Bertz CT molecular complexity index is 942. The Labute approximate surface area is 165 Å². The third kappa shape index (κ3) is 4.39. The van der Waals surface area contributed by atoms with Gasteiger partial charge >= 0.3 is 0 Å². The molecule has 2 aromatic carbocycles. The lowest BCUT2D eigenvalue weighted by atomic mass is 10.1. The molecule has 0 unspecified atom stereocenters. The van der Waals surface area contributed by atoms with Crippen LogP contribution in [0.25, 0.3) is 17.0 Å². The molecule has 0 saturated heterocycles. The Morgan fingerprint density at radius 3 is 2.77 bits per heavy atom. The molecule has 0 spiro atoms. The number of hydrogen-bond acceptors (Lipinski definition) is 2. The third-order valence-electron chi connectivity index (χ3n) is 4.62. The van der Waals surface area contributed by atoms with Crippen LogP contribution in [-0.2, 0) is 6.54 Å². The van der Waals surface area contributed by atoms with Crippen molar-refractivity contribution in [2.24, 2.45) is 0 Å². The van der Waals surface area contributed by atoms with Crippen LogP contribution in [-0.4, -0.2) is 18.0 Å². The van der Waals surface area contributed by atoms with Gasteiger partial charge in [-0.05, 0) is 35.8 Å². The number of rotatable bonds is 4. The quantitative estimate of drug-likeness (QED) is 0.519. The van der Waals surface area contributed by atoms with Crippen LogP contribution in [0.5, 0.6) is 0 Å². The molecule has 26 heavy (non-hydrogen) atoms. The second-order valence-electron chi connectivity index (χ2n) is 6.41. The lowest BCUT2D eigenvalue weighted by molar-refractivity contribution is 0.287. The molecule has 0 atom stereocenters. The van der Waals surface area contributed by atoms with Crippen molar-refractivity contribution in [2.45, 2.75) is 13.0 Å². The molecule has 134 valence electrons. The molecule has 0 amide bonds. The fourth-order valence-electron chi connectivity index (χ4n) is 3.23. The van der Waals surface area contributed by atoms with Crippen molar-refractivity contribution in [1.29, 1.82) is 0 Å². The molecule has 1 aromatic heterocycles. The van der Waals surface area contributed by atoms with Crippen LogP contribution in [0.1, 0.15) is 17.5 Å². The first-order valence-electron chi connectivity index (χ1n) is 8.58. The smallest absolute Gasteiger partial charge is 0.134 e. The van der Waals surface area contributed by atoms with Gasteiger partial charge in [-0.25, -0.2) is 0 Å². The van der Waals surface area contributed by atoms with Crippen molar-refractivity contribution in [3.8, 4) is 0 Å². The third-order valence-corrected chi connectivity index (χ3v) is 4.86. The van der Waals surface area contributed by atoms with Crippen LogP contribution in [0, 0.1) is 0 Å². The van der Waals surface area contributed by atoms with Crippen molar-refractivity contribution in [3.63, 3.8) is 0 Å². The van der Waals surface area contributed by atoms with E-state index in [1.807, 2.05) is 36.6 Å². The summed E-state index contributed by atoms with van der Waals surface area (Å²) in [6, 6.07) is 16.2. The highest BCUT2D eigenvalue weighted by atomic mass is 35.5. The van der Waals surface area contributed by atoms with Crippen LogP contribution in [0.15, 0.2) is 76.9 Å². The van der Waals surface area contributed by atoms with Gasteiger partial charge in [0, 0.05) is 35.6 Å². The van der Waals surface area contributed by atoms with Crippen LogP contribution in [0.3, 0.4) is 0 Å². The number of halogens is 2. The van der Waals surface area contributed by atoms with E-state index in [9.17, 15) is 0 Å². The minimum Gasteiger partial charge on any atom is -0.464 e. The van der Waals surface area contributed by atoms with Crippen LogP contribution in [0.2, 0.25) is 5.02 Å². The van der Waals surface area contributed by atoms with E-state index < -0.39 is 0 Å². The van der Waals surface area contributed by atoms with E-state index >= 15 is 0 Å². The molecule has 1 aliphatic heterocycles. The number of fused-ring (bicyclic) bond motifs is 1. The van der Waals surface area contributed by atoms with Gasteiger partial charge in [-0.1, -0.05) is 60.2 Å². The average Bonchev–Trinajstić information content (AvgIpc) is 3.04. The zero-order chi connectivity index (χ0) is 17.1. The van der Waals surface area contributed by atoms with Gasteiger partial charge in [0.15, 0.2) is 0 Å². The van der Waals surface area contributed by atoms with E-state index in [1.54, 1.807) is 0 Å². The lowest BCUT2D eigenvalue weighted by Crippen LogP contribution is -2.27. The highest BCUT2D eigenvalue weighted by Crippen LogP contribution is 2.24. The van der Waals surface area contributed by atoms with Gasteiger partial charge in [-0.3, -0.25) is 4.90 Å². The minimum absolute atomic E-state index is 0. The molecule has 2 nitrogen and oxygen atoms in total. The Morgan fingerprint density at radius 1 is 1.08 bits per heavy atom. The summed E-state index contributed by atoms with van der Waals surface area (Å²) in [6.07, 6.45) is 9.61. The summed E-state index contributed by atoms with van der Waals surface area (Å²) in [6.45, 7) is 2.96. The zero-order valence-electron chi connectivity index (χ0n) is 14.4. The number of para-hydroxylation sites is 1. The lowest BCUT2D eigenvalue weighted by Gasteiger charge is -2.25. The van der Waals surface area contributed by atoms with E-state index in [0.717, 1.165) is 42.2 Å². The van der Waals surface area contributed by atoms with Crippen molar-refractivity contribution in [2.75, 3.05) is 13.1 Å². The Kier molecular flexibility index (Phi) is 6.20. The maximum Gasteiger partial charge on any atom is 0.134 e. The Morgan fingerprint density at radius 2 is 1.96 bits per heavy atom. The first-order valence-corrected chi connectivity index (χ1v) is 8.96. The van der Waals surface area contributed by atoms with E-state index in [2.05, 4.69) is 41.3 Å². The number of allylic oxidation sites excluding steroid dienone is 1. The number of furan rings is 1. The molecule has 4 heteroatoms. The molecule has 0 saturated carbocycles. The molecule has 0 radical (unpaired) electrons. The second-order valence-corrected chi connectivity index (χ2v) is 6.85. The monoisotopic (exact) mass is 385 g/mol. The van der Waals surface area contributed by atoms with Crippen molar-refractivity contribution in [1.82, 2.24) is 4.90 Å². The molecule has 4 rings (SSSR count). The SMILES string of the molecule is Cl.Clc1cccc(C=CC2=CCN(Cc3coc4ccccc34)CC2)c1. The molecular formula is C22H21Cl2NO. The first-order chi connectivity index (χ1) is 12.3.